The van der Waals surface area contributed by atoms with Gasteiger partial charge in [-0.25, -0.2) is 0 Å². The predicted molar refractivity (Wildman–Crippen MR) is 84.5 cm³/mol. The van der Waals surface area contributed by atoms with Crippen molar-refractivity contribution in [3.05, 3.63) is 30.1 Å². The molecule has 0 aromatic carbocycles. The van der Waals surface area contributed by atoms with E-state index in [4.69, 9.17) is 5.73 Å². The number of hydrogen-bond donors (Lipinski definition) is 1. The second-order valence-electron chi connectivity index (χ2n) is 6.78. The van der Waals surface area contributed by atoms with Crippen molar-refractivity contribution in [3.8, 4) is 0 Å². The molecule has 1 aliphatic carbocycles. The van der Waals surface area contributed by atoms with Gasteiger partial charge in [-0.1, -0.05) is 19.9 Å². The highest BCUT2D eigenvalue weighted by Gasteiger charge is 2.33. The van der Waals surface area contributed by atoms with Gasteiger partial charge in [0.2, 0.25) is 5.91 Å². The number of pyridine rings is 1. The van der Waals surface area contributed by atoms with Crippen LogP contribution in [0.2, 0.25) is 0 Å². The molecule has 21 heavy (non-hydrogen) atoms. The molecule has 0 aliphatic heterocycles. The van der Waals surface area contributed by atoms with E-state index in [0.29, 0.717) is 25.6 Å². The third kappa shape index (κ3) is 5.12. The van der Waals surface area contributed by atoms with Crippen molar-refractivity contribution in [2.45, 2.75) is 58.5 Å². The lowest BCUT2D eigenvalue weighted by molar-refractivity contribution is -0.133. The molecule has 4 nitrogen and oxygen atoms in total. The van der Waals surface area contributed by atoms with Crippen LogP contribution in [0, 0.1) is 5.41 Å². The Balaban J connectivity index is 1.91. The van der Waals surface area contributed by atoms with Gasteiger partial charge in [0.1, 0.15) is 0 Å². The van der Waals surface area contributed by atoms with Crippen LogP contribution in [0.4, 0.5) is 0 Å². The zero-order valence-corrected chi connectivity index (χ0v) is 13.2. The first-order valence-corrected chi connectivity index (χ1v) is 7.91. The Morgan fingerprint density at radius 1 is 1.38 bits per heavy atom. The van der Waals surface area contributed by atoms with E-state index in [1.165, 1.54) is 0 Å². The van der Waals surface area contributed by atoms with Gasteiger partial charge in [0, 0.05) is 18.7 Å². The highest BCUT2D eigenvalue weighted by Crippen LogP contribution is 2.31. The Morgan fingerprint density at radius 3 is 2.71 bits per heavy atom. The van der Waals surface area contributed by atoms with Gasteiger partial charge in [0.05, 0.1) is 12.2 Å². The van der Waals surface area contributed by atoms with E-state index >= 15 is 0 Å². The van der Waals surface area contributed by atoms with Crippen LogP contribution >= 0.6 is 0 Å². The fraction of sp³-hybridized carbons (Fsp3) is 0.647. The van der Waals surface area contributed by atoms with Crippen LogP contribution in [-0.2, 0) is 11.3 Å². The minimum Gasteiger partial charge on any atom is -0.334 e. The molecule has 0 atom stereocenters. The first-order chi connectivity index (χ1) is 10.0. The molecule has 116 valence electrons. The van der Waals surface area contributed by atoms with E-state index in [-0.39, 0.29) is 11.3 Å². The highest BCUT2D eigenvalue weighted by atomic mass is 16.2. The van der Waals surface area contributed by atoms with Gasteiger partial charge in [0.15, 0.2) is 0 Å². The Hall–Kier alpha value is -1.42. The maximum atomic E-state index is 12.5. The molecule has 1 aromatic heterocycles. The SMILES string of the molecule is CC(C)(CCN)CCC(=O)N(Cc1ccccn1)C1CC1. The standard InChI is InChI=1S/C17H27N3O/c1-17(2,10-11-18)9-8-16(21)20(15-6-7-15)13-14-5-3-4-12-19-14/h3-5,12,15H,6-11,13,18H2,1-2H3. The second-order valence-corrected chi connectivity index (χ2v) is 6.78. The first kappa shape index (κ1) is 16.0. The molecule has 0 saturated heterocycles. The van der Waals surface area contributed by atoms with Crippen molar-refractivity contribution in [1.29, 1.82) is 0 Å². The Labute approximate surface area is 127 Å². The number of amides is 1. The number of aromatic nitrogens is 1. The maximum Gasteiger partial charge on any atom is 0.223 e. The molecule has 0 radical (unpaired) electrons. The summed E-state index contributed by atoms with van der Waals surface area (Å²) in [5.74, 6) is 0.258. The van der Waals surface area contributed by atoms with E-state index in [2.05, 4.69) is 18.8 Å². The van der Waals surface area contributed by atoms with Crippen LogP contribution in [0.15, 0.2) is 24.4 Å². The molecule has 1 fully saturated rings. The molecule has 2 rings (SSSR count). The highest BCUT2D eigenvalue weighted by molar-refractivity contribution is 5.76. The van der Waals surface area contributed by atoms with Gasteiger partial charge in [-0.3, -0.25) is 9.78 Å². The van der Waals surface area contributed by atoms with Gasteiger partial charge in [-0.2, -0.15) is 0 Å². The number of carbonyl (C=O) groups excluding carboxylic acids is 1. The smallest absolute Gasteiger partial charge is 0.223 e. The lowest BCUT2D eigenvalue weighted by Gasteiger charge is -2.27. The largest absolute Gasteiger partial charge is 0.334 e. The molecule has 1 aromatic rings. The average molecular weight is 289 g/mol. The normalized spacial score (nSPS) is 15.0. The Kier molecular flexibility index (Phi) is 5.34. The molecule has 1 saturated carbocycles. The molecule has 1 aliphatic rings. The molecule has 2 N–H and O–H groups in total. The molecule has 4 heteroatoms. The monoisotopic (exact) mass is 289 g/mol. The summed E-state index contributed by atoms with van der Waals surface area (Å²) in [6, 6.07) is 6.29. The lowest BCUT2D eigenvalue weighted by atomic mass is 9.84. The van der Waals surface area contributed by atoms with E-state index in [1.807, 2.05) is 23.1 Å². The molecule has 1 heterocycles. The number of nitrogens with zero attached hydrogens (tertiary/aromatic N) is 2. The molecule has 1 amide bonds. The fourth-order valence-corrected chi connectivity index (χ4v) is 2.58. The zero-order chi connectivity index (χ0) is 15.3. The van der Waals surface area contributed by atoms with Crippen LogP contribution < -0.4 is 5.73 Å². The summed E-state index contributed by atoms with van der Waals surface area (Å²) in [5.41, 5.74) is 6.75. The van der Waals surface area contributed by atoms with Crippen LogP contribution in [0.3, 0.4) is 0 Å². The van der Waals surface area contributed by atoms with Crippen molar-refractivity contribution in [2.24, 2.45) is 11.1 Å². The first-order valence-electron chi connectivity index (χ1n) is 7.91. The number of nitrogens with two attached hydrogens (primary N) is 1. The lowest BCUT2D eigenvalue weighted by Crippen LogP contribution is -2.33. The Morgan fingerprint density at radius 2 is 2.14 bits per heavy atom. The third-order valence-corrected chi connectivity index (χ3v) is 4.20. The summed E-state index contributed by atoms with van der Waals surface area (Å²) in [4.78, 5) is 18.9. The van der Waals surface area contributed by atoms with Crippen LogP contribution in [0.5, 0.6) is 0 Å². The quantitative estimate of drug-likeness (QED) is 0.800. The maximum absolute atomic E-state index is 12.5. The molecule has 0 unspecified atom stereocenters. The average Bonchev–Trinajstić information content (AvgIpc) is 3.28. The fourth-order valence-electron chi connectivity index (χ4n) is 2.58. The van der Waals surface area contributed by atoms with Crippen molar-refractivity contribution >= 4 is 5.91 Å². The minimum absolute atomic E-state index is 0.143. The predicted octanol–water partition coefficient (Wildman–Crippen LogP) is 2.73. The number of hydrogen-bond acceptors (Lipinski definition) is 3. The topological polar surface area (TPSA) is 59.2 Å². The van der Waals surface area contributed by atoms with E-state index in [0.717, 1.165) is 31.4 Å². The van der Waals surface area contributed by atoms with Gasteiger partial charge in [-0.15, -0.1) is 0 Å². The molecule has 0 bridgehead atoms. The van der Waals surface area contributed by atoms with Crippen LogP contribution in [0.1, 0.15) is 51.6 Å². The van der Waals surface area contributed by atoms with E-state index in [9.17, 15) is 4.79 Å². The molecule has 0 spiro atoms. The summed E-state index contributed by atoms with van der Waals surface area (Å²) in [6.07, 6.45) is 6.51. The molecular weight excluding hydrogens is 262 g/mol. The summed E-state index contributed by atoms with van der Waals surface area (Å²) in [7, 11) is 0. The van der Waals surface area contributed by atoms with Crippen LogP contribution in [-0.4, -0.2) is 28.4 Å². The zero-order valence-electron chi connectivity index (χ0n) is 13.2. The Bertz CT molecular complexity index is 454. The van der Waals surface area contributed by atoms with E-state index in [1.54, 1.807) is 6.20 Å². The molecular formula is C17H27N3O. The second kappa shape index (κ2) is 7.03. The third-order valence-electron chi connectivity index (χ3n) is 4.20. The van der Waals surface area contributed by atoms with Gasteiger partial charge < -0.3 is 10.6 Å². The van der Waals surface area contributed by atoms with Gasteiger partial charge in [0.25, 0.3) is 0 Å². The van der Waals surface area contributed by atoms with Crippen LogP contribution in [0.25, 0.3) is 0 Å². The van der Waals surface area contributed by atoms with E-state index < -0.39 is 0 Å². The summed E-state index contributed by atoms with van der Waals surface area (Å²) in [5, 5.41) is 0. The number of rotatable bonds is 8. The van der Waals surface area contributed by atoms with Crippen molar-refractivity contribution < 1.29 is 4.79 Å². The van der Waals surface area contributed by atoms with Crippen molar-refractivity contribution in [3.63, 3.8) is 0 Å². The van der Waals surface area contributed by atoms with Gasteiger partial charge >= 0.3 is 0 Å². The minimum atomic E-state index is 0.143. The van der Waals surface area contributed by atoms with Gasteiger partial charge in [-0.05, 0) is 49.8 Å². The summed E-state index contributed by atoms with van der Waals surface area (Å²) < 4.78 is 0. The summed E-state index contributed by atoms with van der Waals surface area (Å²) in [6.45, 7) is 5.70. The van der Waals surface area contributed by atoms with Crippen molar-refractivity contribution in [2.75, 3.05) is 6.54 Å². The number of carbonyl (C=O) groups is 1. The van der Waals surface area contributed by atoms with Crippen molar-refractivity contribution in [1.82, 2.24) is 9.88 Å². The summed E-state index contributed by atoms with van der Waals surface area (Å²) >= 11 is 0.